The molecule has 0 fully saturated rings. The summed E-state index contributed by atoms with van der Waals surface area (Å²) in [5, 5.41) is 0. The number of imidazole rings is 1. The van der Waals surface area contributed by atoms with Crippen molar-refractivity contribution in [2.45, 2.75) is 26.3 Å². The van der Waals surface area contributed by atoms with Crippen molar-refractivity contribution in [1.82, 2.24) is 4.57 Å². The number of hydrogen-bond donors (Lipinski definition) is 0. The maximum absolute atomic E-state index is 8.40. The summed E-state index contributed by atoms with van der Waals surface area (Å²) in [4.78, 5) is 0. The number of nitrogens with zero attached hydrogens (tertiary/aromatic N) is 2. The van der Waals surface area contributed by atoms with Gasteiger partial charge in [-0.3, -0.25) is 0 Å². The molecule has 0 radical (unpaired) electrons. The van der Waals surface area contributed by atoms with E-state index in [1.165, 1.54) is 12.8 Å². The second-order valence-electron chi connectivity index (χ2n) is 2.75. The Morgan fingerprint density at radius 3 is 2.27 bits per heavy atom. The molecule has 0 unspecified atom stereocenters. The molecule has 0 spiro atoms. The molecular weight excluding hydrogens is 363 g/mol. The number of unbranched alkanes of at least 4 members (excludes halogenated alkanes) is 1. The number of rotatable bonds is 3. The molecule has 0 aliphatic carbocycles. The van der Waals surface area contributed by atoms with Crippen molar-refractivity contribution >= 4 is 8.34 Å². The van der Waals surface area contributed by atoms with E-state index in [-0.39, 0.29) is 38.0 Å². The molecule has 0 amide bonds. The Labute approximate surface area is 116 Å². The van der Waals surface area contributed by atoms with Gasteiger partial charge in [-0.05, 0) is 6.42 Å². The van der Waals surface area contributed by atoms with Crippen LogP contribution in [0.3, 0.4) is 0 Å². The summed E-state index contributed by atoms with van der Waals surface area (Å²) < 4.78 is 21.1. The second-order valence-corrected chi connectivity index (χ2v) is 2.92. The number of halogens is 1. The van der Waals surface area contributed by atoms with Crippen LogP contribution in [0, 0.1) is 0 Å². The van der Waals surface area contributed by atoms with Gasteiger partial charge >= 0.3 is 8.34 Å². The third-order valence-electron chi connectivity index (χ3n) is 1.59. The Bertz CT molecular complexity index is 277. The van der Waals surface area contributed by atoms with Crippen molar-refractivity contribution in [1.29, 1.82) is 0 Å². The van der Waals surface area contributed by atoms with Crippen LogP contribution < -0.4 is 21.5 Å². The molecule has 0 saturated heterocycles. The van der Waals surface area contributed by atoms with E-state index in [1.54, 1.807) is 0 Å². The van der Waals surface area contributed by atoms with Gasteiger partial charge in [-0.25, -0.2) is 18.3 Å². The van der Waals surface area contributed by atoms with Gasteiger partial charge in [-0.1, -0.05) is 13.3 Å². The van der Waals surface area contributed by atoms with Crippen molar-refractivity contribution in [3.05, 3.63) is 18.7 Å². The van der Waals surface area contributed by atoms with Gasteiger partial charge in [0.05, 0.1) is 13.6 Å². The molecule has 88 valence electrons. The van der Waals surface area contributed by atoms with E-state index in [0.29, 0.717) is 0 Å². The third kappa shape index (κ3) is 12.2. The smallest absolute Gasteiger partial charge is 0.303 e. The van der Waals surface area contributed by atoms with Crippen LogP contribution in [0.25, 0.3) is 0 Å². The third-order valence-corrected chi connectivity index (χ3v) is 1.59. The maximum Gasteiger partial charge on any atom is 0.303 e. The molecule has 1 rings (SSSR count). The van der Waals surface area contributed by atoms with Crippen molar-refractivity contribution in [3.63, 3.8) is 0 Å². The first-order chi connectivity index (χ1) is 6.24. The topological polar surface area (TPSA) is 43.0 Å². The van der Waals surface area contributed by atoms with E-state index in [4.69, 9.17) is 9.13 Å². The number of aromatic nitrogens is 2. The van der Waals surface area contributed by atoms with Crippen LogP contribution in [-0.4, -0.2) is 4.57 Å². The SMILES string of the molecule is CCCCn1cc[n+](C)c1.O=[PH]=O.[Br-].[Mo]. The summed E-state index contributed by atoms with van der Waals surface area (Å²) in [6.45, 7) is 3.36. The molecule has 1 aromatic heterocycles. The van der Waals surface area contributed by atoms with Crippen LogP contribution in [0.15, 0.2) is 18.7 Å². The van der Waals surface area contributed by atoms with E-state index in [1.807, 2.05) is 7.05 Å². The molecule has 0 aliphatic rings. The minimum absolute atomic E-state index is 0. The Morgan fingerprint density at radius 1 is 1.40 bits per heavy atom. The fraction of sp³-hybridized carbons (Fsp3) is 0.625. The zero-order chi connectivity index (χ0) is 10.1. The Hall–Kier alpha value is 0.278. The molecule has 0 atom stereocenters. The standard InChI is InChI=1S/C8H15N2.BrH.Mo.HO2P/c1-3-4-5-10-7-6-9(2)8-10;;;1-3-2/h6-8H,3-5H2,1-2H3;1H;;3H/q+1;;;/p-1. The number of hydrogen-bond acceptors (Lipinski definition) is 2. The van der Waals surface area contributed by atoms with Crippen molar-refractivity contribution in [3.8, 4) is 0 Å². The first-order valence-corrected chi connectivity index (χ1v) is 5.06. The molecule has 4 nitrogen and oxygen atoms in total. The van der Waals surface area contributed by atoms with Crippen LogP contribution in [-0.2, 0) is 43.8 Å². The number of aryl methyl sites for hydroxylation is 2. The minimum atomic E-state index is -1.42. The maximum atomic E-state index is 8.40. The van der Waals surface area contributed by atoms with Gasteiger partial charge in [-0.15, -0.1) is 0 Å². The predicted molar refractivity (Wildman–Crippen MR) is 50.2 cm³/mol. The van der Waals surface area contributed by atoms with Gasteiger partial charge < -0.3 is 17.0 Å². The van der Waals surface area contributed by atoms with Gasteiger partial charge in [0.15, 0.2) is 0 Å². The zero-order valence-corrected chi connectivity index (χ0v) is 13.4. The van der Waals surface area contributed by atoms with E-state index in [2.05, 4.69) is 34.8 Å². The first kappa shape index (κ1) is 20.7. The summed E-state index contributed by atoms with van der Waals surface area (Å²) in [5.41, 5.74) is 0. The summed E-state index contributed by atoms with van der Waals surface area (Å²) in [6.07, 6.45) is 8.82. The van der Waals surface area contributed by atoms with Crippen LogP contribution in [0.4, 0.5) is 0 Å². The van der Waals surface area contributed by atoms with Crippen molar-refractivity contribution in [2.75, 3.05) is 0 Å². The van der Waals surface area contributed by atoms with Gasteiger partial charge in [-0.2, -0.15) is 0 Å². The van der Waals surface area contributed by atoms with Gasteiger partial charge in [0.25, 0.3) is 0 Å². The Balaban J connectivity index is -0.000000260. The molecule has 0 bridgehead atoms. The summed E-state index contributed by atoms with van der Waals surface area (Å²) in [7, 11) is 0.627. The predicted octanol–water partition coefficient (Wildman–Crippen LogP) is -1.53. The van der Waals surface area contributed by atoms with Gasteiger partial charge in [0.2, 0.25) is 6.33 Å². The van der Waals surface area contributed by atoms with E-state index in [0.717, 1.165) is 6.54 Å². The average molecular weight is 379 g/mol. The normalized spacial score (nSPS) is 7.60. The second kappa shape index (κ2) is 14.3. The summed E-state index contributed by atoms with van der Waals surface area (Å²) in [5.74, 6) is 0. The van der Waals surface area contributed by atoms with E-state index < -0.39 is 8.34 Å². The quantitative estimate of drug-likeness (QED) is 0.364. The summed E-state index contributed by atoms with van der Waals surface area (Å²) >= 11 is 0. The zero-order valence-electron chi connectivity index (χ0n) is 8.85. The van der Waals surface area contributed by atoms with Gasteiger partial charge in [0, 0.05) is 21.1 Å². The molecule has 0 saturated carbocycles. The van der Waals surface area contributed by atoms with Crippen molar-refractivity contribution < 1.29 is 51.7 Å². The molecule has 1 heterocycles. The summed E-state index contributed by atoms with van der Waals surface area (Å²) in [6, 6.07) is 0. The van der Waals surface area contributed by atoms with E-state index in [9.17, 15) is 0 Å². The van der Waals surface area contributed by atoms with Crippen LogP contribution in [0.5, 0.6) is 0 Å². The molecule has 15 heavy (non-hydrogen) atoms. The van der Waals surface area contributed by atoms with E-state index >= 15 is 0 Å². The minimum Gasteiger partial charge on any atom is -1.00 e. The Kier molecular flexibility index (Phi) is 19.7. The fourth-order valence-electron chi connectivity index (χ4n) is 0.975. The average Bonchev–Trinajstić information content (AvgIpc) is 2.49. The van der Waals surface area contributed by atoms with Crippen molar-refractivity contribution in [2.24, 2.45) is 7.05 Å². The molecule has 0 aliphatic heterocycles. The van der Waals surface area contributed by atoms with Crippen LogP contribution in [0.2, 0.25) is 0 Å². The Morgan fingerprint density at radius 2 is 1.93 bits per heavy atom. The fourth-order valence-corrected chi connectivity index (χ4v) is 0.975. The van der Waals surface area contributed by atoms with Crippen LogP contribution >= 0.6 is 8.34 Å². The molecule has 1 aromatic rings. The molecular formula is C8H16BrMoN2O2P. The largest absolute Gasteiger partial charge is 1.00 e. The molecule has 0 aromatic carbocycles. The molecule has 7 heteroatoms. The monoisotopic (exact) mass is 380 g/mol. The first-order valence-electron chi connectivity index (χ1n) is 4.24. The van der Waals surface area contributed by atoms with Gasteiger partial charge in [0.1, 0.15) is 12.4 Å². The molecule has 0 N–H and O–H groups in total. The van der Waals surface area contributed by atoms with Crippen LogP contribution in [0.1, 0.15) is 19.8 Å².